The number of halogens is 1. The Balaban J connectivity index is 4.38. The first-order chi connectivity index (χ1) is 4.45. The summed E-state index contributed by atoms with van der Waals surface area (Å²) in [4.78, 5) is 10.6. The van der Waals surface area contributed by atoms with Crippen LogP contribution < -0.4 is 0 Å². The average Bonchev–Trinajstić information content (AvgIpc) is 1.85. The van der Waals surface area contributed by atoms with Crippen LogP contribution in [0.25, 0.3) is 0 Å². The van der Waals surface area contributed by atoms with Gasteiger partial charge in [0.25, 0.3) is 0 Å². The van der Waals surface area contributed by atoms with Crippen LogP contribution in [0.2, 0.25) is 5.04 Å². The molecule has 58 valence electrons. The highest BCUT2D eigenvalue weighted by Crippen LogP contribution is 2.34. The SMILES string of the molecule is CC(C)C(C)([Si]Cl)C(=O)O. The maximum atomic E-state index is 10.6. The molecule has 2 radical (unpaired) electrons. The summed E-state index contributed by atoms with van der Waals surface area (Å²) in [6, 6.07) is 0. The van der Waals surface area contributed by atoms with Crippen molar-refractivity contribution in [3.05, 3.63) is 0 Å². The standard InChI is InChI=1S/C6H11ClO2Si/c1-4(2)6(3,10-7)5(8)9/h4H,1-3H3,(H,8,9). The summed E-state index contributed by atoms with van der Waals surface area (Å²) in [7, 11) is -0.0648. The van der Waals surface area contributed by atoms with Crippen LogP contribution in [0.3, 0.4) is 0 Å². The second kappa shape index (κ2) is 3.39. The van der Waals surface area contributed by atoms with Gasteiger partial charge >= 0.3 is 5.97 Å². The van der Waals surface area contributed by atoms with Crippen molar-refractivity contribution >= 4 is 25.9 Å². The molecule has 0 bridgehead atoms. The third-order valence-corrected chi connectivity index (χ3v) is 4.16. The molecule has 0 aromatic rings. The second-order valence-corrected chi connectivity index (χ2v) is 4.55. The van der Waals surface area contributed by atoms with Gasteiger partial charge in [-0.05, 0) is 5.92 Å². The van der Waals surface area contributed by atoms with E-state index in [2.05, 4.69) is 0 Å². The van der Waals surface area contributed by atoms with Gasteiger partial charge in [-0.15, -0.1) is 0 Å². The maximum absolute atomic E-state index is 10.6. The van der Waals surface area contributed by atoms with Crippen molar-refractivity contribution in [2.24, 2.45) is 5.92 Å². The molecule has 0 heterocycles. The number of aliphatic carboxylic acids is 1. The molecule has 0 saturated heterocycles. The summed E-state index contributed by atoms with van der Waals surface area (Å²) in [5.74, 6) is -0.725. The fraction of sp³-hybridized carbons (Fsp3) is 0.833. The van der Waals surface area contributed by atoms with Gasteiger partial charge in [0.1, 0.15) is 0 Å². The number of hydrogen-bond acceptors (Lipinski definition) is 1. The lowest BCUT2D eigenvalue weighted by Gasteiger charge is -2.24. The highest BCUT2D eigenvalue weighted by molar-refractivity contribution is 6.97. The van der Waals surface area contributed by atoms with E-state index in [0.717, 1.165) is 0 Å². The van der Waals surface area contributed by atoms with Gasteiger partial charge in [-0.3, -0.25) is 4.79 Å². The quantitative estimate of drug-likeness (QED) is 0.528. The lowest BCUT2D eigenvalue weighted by molar-refractivity contribution is -0.141. The van der Waals surface area contributed by atoms with E-state index in [1.165, 1.54) is 0 Å². The highest BCUT2D eigenvalue weighted by Gasteiger charge is 2.36. The van der Waals surface area contributed by atoms with Gasteiger partial charge in [-0.1, -0.05) is 20.8 Å². The van der Waals surface area contributed by atoms with E-state index in [1.807, 2.05) is 13.8 Å². The van der Waals surface area contributed by atoms with Crippen LogP contribution >= 0.6 is 11.1 Å². The molecule has 10 heavy (non-hydrogen) atoms. The van der Waals surface area contributed by atoms with Crippen LogP contribution in [-0.4, -0.2) is 19.9 Å². The summed E-state index contributed by atoms with van der Waals surface area (Å²) in [6.45, 7) is 5.40. The zero-order chi connectivity index (χ0) is 8.36. The molecule has 0 fully saturated rings. The van der Waals surface area contributed by atoms with Crippen LogP contribution in [0.5, 0.6) is 0 Å². The molecule has 0 aliphatic heterocycles. The van der Waals surface area contributed by atoms with Crippen molar-refractivity contribution in [1.29, 1.82) is 0 Å². The van der Waals surface area contributed by atoms with Crippen molar-refractivity contribution in [1.82, 2.24) is 0 Å². The minimum absolute atomic E-state index is 0.0648. The maximum Gasteiger partial charge on any atom is 0.307 e. The fourth-order valence-electron chi connectivity index (χ4n) is 0.396. The van der Waals surface area contributed by atoms with Crippen molar-refractivity contribution in [2.75, 3.05) is 0 Å². The summed E-state index contributed by atoms with van der Waals surface area (Å²) >= 11 is 5.55. The molecule has 1 atom stereocenters. The van der Waals surface area contributed by atoms with Gasteiger partial charge in [0.15, 0.2) is 8.83 Å². The van der Waals surface area contributed by atoms with E-state index in [4.69, 9.17) is 16.2 Å². The Labute approximate surface area is 68.1 Å². The van der Waals surface area contributed by atoms with Crippen molar-refractivity contribution < 1.29 is 9.90 Å². The molecule has 0 aromatic heterocycles. The molecule has 0 spiro atoms. The topological polar surface area (TPSA) is 37.3 Å². The molecule has 1 N–H and O–H groups in total. The molecule has 0 saturated carbocycles. The van der Waals surface area contributed by atoms with Gasteiger partial charge in [0, 0.05) is 0 Å². The van der Waals surface area contributed by atoms with Crippen LogP contribution in [-0.2, 0) is 4.79 Å². The van der Waals surface area contributed by atoms with E-state index >= 15 is 0 Å². The molecule has 0 aromatic carbocycles. The van der Waals surface area contributed by atoms with Gasteiger partial charge < -0.3 is 5.11 Å². The Morgan fingerprint density at radius 1 is 1.70 bits per heavy atom. The summed E-state index contributed by atoms with van der Waals surface area (Å²) in [5.41, 5.74) is 0. The summed E-state index contributed by atoms with van der Waals surface area (Å²) < 4.78 is 0. The largest absolute Gasteiger partial charge is 0.481 e. The van der Waals surface area contributed by atoms with E-state index in [9.17, 15) is 4.79 Å². The molecule has 0 aliphatic carbocycles. The first-order valence-corrected chi connectivity index (χ1v) is 5.07. The minimum atomic E-state index is -0.809. The van der Waals surface area contributed by atoms with Crippen LogP contribution in [0.1, 0.15) is 20.8 Å². The van der Waals surface area contributed by atoms with E-state index < -0.39 is 11.0 Å². The van der Waals surface area contributed by atoms with Crippen molar-refractivity contribution in [2.45, 2.75) is 25.8 Å². The van der Waals surface area contributed by atoms with E-state index in [-0.39, 0.29) is 14.7 Å². The third-order valence-electron chi connectivity index (χ3n) is 1.80. The fourth-order valence-corrected chi connectivity index (χ4v) is 1.59. The normalized spacial score (nSPS) is 16.9. The van der Waals surface area contributed by atoms with E-state index in [0.29, 0.717) is 0 Å². The third kappa shape index (κ3) is 1.73. The van der Waals surface area contributed by atoms with Gasteiger partial charge in [0.05, 0.1) is 5.04 Å². The van der Waals surface area contributed by atoms with Crippen LogP contribution in [0, 0.1) is 5.92 Å². The molecule has 0 rings (SSSR count). The van der Waals surface area contributed by atoms with Crippen molar-refractivity contribution in [3.63, 3.8) is 0 Å². The Kier molecular flexibility index (Phi) is 3.38. The summed E-state index contributed by atoms with van der Waals surface area (Å²) in [6.07, 6.45) is 0. The molecular formula is C6H11ClO2Si. The molecule has 0 aliphatic rings. The number of rotatable bonds is 3. The summed E-state index contributed by atoms with van der Waals surface area (Å²) in [5, 5.41) is 7.98. The Hall–Kier alpha value is -0.0231. The number of hydrogen-bond donors (Lipinski definition) is 1. The lowest BCUT2D eigenvalue weighted by Crippen LogP contribution is -2.29. The number of carbonyl (C=O) groups is 1. The molecule has 2 nitrogen and oxygen atoms in total. The molecular weight excluding hydrogens is 168 g/mol. The minimum Gasteiger partial charge on any atom is -0.481 e. The first kappa shape index (κ1) is 9.98. The Bertz CT molecular complexity index is 138. The molecule has 0 amide bonds. The van der Waals surface area contributed by atoms with Crippen molar-refractivity contribution in [3.8, 4) is 0 Å². The predicted molar refractivity (Wildman–Crippen MR) is 42.4 cm³/mol. The second-order valence-electron chi connectivity index (χ2n) is 2.76. The first-order valence-electron chi connectivity index (χ1n) is 3.06. The average molecular weight is 179 g/mol. The molecule has 4 heteroatoms. The van der Waals surface area contributed by atoms with Gasteiger partial charge in [0.2, 0.25) is 0 Å². The number of carboxylic acids is 1. The van der Waals surface area contributed by atoms with Gasteiger partial charge in [-0.25, -0.2) is 0 Å². The lowest BCUT2D eigenvalue weighted by atomic mass is 9.97. The highest BCUT2D eigenvalue weighted by atomic mass is 35.6. The van der Waals surface area contributed by atoms with Gasteiger partial charge in [-0.2, -0.15) is 11.1 Å². The van der Waals surface area contributed by atoms with E-state index in [1.54, 1.807) is 6.92 Å². The smallest absolute Gasteiger partial charge is 0.307 e. The Morgan fingerprint density at radius 2 is 2.10 bits per heavy atom. The monoisotopic (exact) mass is 178 g/mol. The van der Waals surface area contributed by atoms with Crippen LogP contribution in [0.4, 0.5) is 0 Å². The Morgan fingerprint density at radius 3 is 2.10 bits per heavy atom. The predicted octanol–water partition coefficient (Wildman–Crippen LogP) is 1.76. The zero-order valence-electron chi connectivity index (χ0n) is 6.31. The zero-order valence-corrected chi connectivity index (χ0v) is 8.07. The number of carboxylic acid groups (broad SMARTS) is 1. The van der Waals surface area contributed by atoms with Crippen LogP contribution in [0.15, 0.2) is 0 Å². The molecule has 1 unspecified atom stereocenters.